The molecule has 0 unspecified atom stereocenters. The van der Waals surface area contributed by atoms with Crippen molar-refractivity contribution < 1.29 is 9.90 Å². The Kier molecular flexibility index (Phi) is 5.01. The molecule has 3 heteroatoms. The van der Waals surface area contributed by atoms with E-state index in [1.807, 2.05) is 23.1 Å². The Labute approximate surface area is 103 Å². The molecular formula is C14H21NO2. The molecule has 0 aliphatic rings. The summed E-state index contributed by atoms with van der Waals surface area (Å²) in [6, 6.07) is 7.55. The zero-order valence-corrected chi connectivity index (χ0v) is 10.8. The second-order valence-corrected chi connectivity index (χ2v) is 4.19. The Morgan fingerprint density at radius 2 is 2.00 bits per heavy atom. The number of carboxylic acids is 1. The van der Waals surface area contributed by atoms with E-state index in [0.717, 1.165) is 25.1 Å². The molecule has 1 rings (SSSR count). The van der Waals surface area contributed by atoms with Crippen LogP contribution in [0.4, 0.5) is 5.69 Å². The minimum atomic E-state index is -0.774. The number of aryl methyl sites for hydroxylation is 1. The predicted molar refractivity (Wildman–Crippen MR) is 70.6 cm³/mol. The number of rotatable bonds is 6. The predicted octanol–water partition coefficient (Wildman–Crippen LogP) is 2.94. The monoisotopic (exact) mass is 235 g/mol. The summed E-state index contributed by atoms with van der Waals surface area (Å²) in [5, 5.41) is 9.16. The van der Waals surface area contributed by atoms with Gasteiger partial charge >= 0.3 is 5.97 Å². The van der Waals surface area contributed by atoms with Gasteiger partial charge in [-0.2, -0.15) is 0 Å². The molecule has 1 aromatic carbocycles. The lowest BCUT2D eigenvalue weighted by Crippen LogP contribution is -2.40. The van der Waals surface area contributed by atoms with Crippen molar-refractivity contribution in [3.8, 4) is 0 Å². The van der Waals surface area contributed by atoms with Gasteiger partial charge in [0.2, 0.25) is 0 Å². The summed E-state index contributed by atoms with van der Waals surface area (Å²) in [7, 11) is 0. The highest BCUT2D eigenvalue weighted by Gasteiger charge is 2.21. The van der Waals surface area contributed by atoms with Gasteiger partial charge in [-0.1, -0.05) is 32.0 Å². The van der Waals surface area contributed by atoms with E-state index in [4.69, 9.17) is 5.11 Å². The van der Waals surface area contributed by atoms with Crippen molar-refractivity contribution in [2.45, 2.75) is 39.7 Å². The van der Waals surface area contributed by atoms with Gasteiger partial charge in [0, 0.05) is 12.2 Å². The molecule has 0 spiro atoms. The van der Waals surface area contributed by atoms with Gasteiger partial charge in [-0.05, 0) is 31.4 Å². The number of anilines is 1. The third kappa shape index (κ3) is 3.22. The first kappa shape index (κ1) is 13.6. The van der Waals surface area contributed by atoms with Gasteiger partial charge in [0.1, 0.15) is 6.04 Å². The summed E-state index contributed by atoms with van der Waals surface area (Å²) in [4.78, 5) is 13.1. The number of nitrogens with zero attached hydrogens (tertiary/aromatic N) is 1. The van der Waals surface area contributed by atoms with Gasteiger partial charge in [0.05, 0.1) is 0 Å². The molecule has 0 saturated heterocycles. The number of benzene rings is 1. The van der Waals surface area contributed by atoms with Gasteiger partial charge in [0.25, 0.3) is 0 Å². The number of hydrogen-bond donors (Lipinski definition) is 1. The molecule has 0 saturated carbocycles. The standard InChI is InChI=1S/C14H21NO2/c1-4-10-15(11(3)14(16)17)13-9-7-6-8-12(13)5-2/h6-9,11H,4-5,10H2,1-3H3,(H,16,17)/t11-/m0/s1. The number of carboxylic acid groups (broad SMARTS) is 1. The number of aliphatic carboxylic acids is 1. The number of hydrogen-bond acceptors (Lipinski definition) is 2. The van der Waals surface area contributed by atoms with Crippen molar-refractivity contribution in [2.75, 3.05) is 11.4 Å². The minimum absolute atomic E-state index is 0.484. The second kappa shape index (κ2) is 6.28. The normalized spacial score (nSPS) is 12.2. The van der Waals surface area contributed by atoms with Gasteiger partial charge in [-0.3, -0.25) is 0 Å². The molecule has 0 aromatic heterocycles. The zero-order chi connectivity index (χ0) is 12.8. The smallest absolute Gasteiger partial charge is 0.326 e. The van der Waals surface area contributed by atoms with Gasteiger partial charge in [-0.25, -0.2) is 4.79 Å². The van der Waals surface area contributed by atoms with E-state index in [1.165, 1.54) is 5.56 Å². The van der Waals surface area contributed by atoms with Gasteiger partial charge in [0.15, 0.2) is 0 Å². The third-order valence-corrected chi connectivity index (χ3v) is 2.97. The average molecular weight is 235 g/mol. The Morgan fingerprint density at radius 3 is 2.53 bits per heavy atom. The summed E-state index contributed by atoms with van der Waals surface area (Å²) >= 11 is 0. The van der Waals surface area contributed by atoms with Crippen LogP contribution in [0.5, 0.6) is 0 Å². The Morgan fingerprint density at radius 1 is 1.35 bits per heavy atom. The fourth-order valence-electron chi connectivity index (χ4n) is 1.99. The molecule has 94 valence electrons. The molecule has 1 atom stereocenters. The van der Waals surface area contributed by atoms with Crippen LogP contribution >= 0.6 is 0 Å². The van der Waals surface area contributed by atoms with E-state index in [9.17, 15) is 4.79 Å². The van der Waals surface area contributed by atoms with Crippen LogP contribution in [0.15, 0.2) is 24.3 Å². The fourth-order valence-corrected chi connectivity index (χ4v) is 1.99. The minimum Gasteiger partial charge on any atom is -0.480 e. The van der Waals surface area contributed by atoms with Gasteiger partial charge in [-0.15, -0.1) is 0 Å². The summed E-state index contributed by atoms with van der Waals surface area (Å²) in [6.07, 6.45) is 1.86. The van der Waals surface area contributed by atoms with Crippen LogP contribution in [0.25, 0.3) is 0 Å². The van der Waals surface area contributed by atoms with E-state index in [-0.39, 0.29) is 0 Å². The van der Waals surface area contributed by atoms with E-state index in [1.54, 1.807) is 6.92 Å². The van der Waals surface area contributed by atoms with Crippen LogP contribution in [0.2, 0.25) is 0 Å². The third-order valence-electron chi connectivity index (χ3n) is 2.97. The number of para-hydroxylation sites is 1. The largest absolute Gasteiger partial charge is 0.480 e. The van der Waals surface area contributed by atoms with Crippen molar-refractivity contribution in [1.82, 2.24) is 0 Å². The second-order valence-electron chi connectivity index (χ2n) is 4.19. The van der Waals surface area contributed by atoms with E-state index >= 15 is 0 Å². The average Bonchev–Trinajstić information content (AvgIpc) is 2.35. The molecule has 17 heavy (non-hydrogen) atoms. The highest BCUT2D eigenvalue weighted by Crippen LogP contribution is 2.23. The summed E-state index contributed by atoms with van der Waals surface area (Å²) in [5.74, 6) is -0.774. The molecule has 0 aliphatic carbocycles. The lowest BCUT2D eigenvalue weighted by atomic mass is 10.1. The number of carbonyl (C=O) groups is 1. The fraction of sp³-hybridized carbons (Fsp3) is 0.500. The van der Waals surface area contributed by atoms with Crippen molar-refractivity contribution >= 4 is 11.7 Å². The first-order chi connectivity index (χ1) is 8.11. The van der Waals surface area contributed by atoms with Crippen LogP contribution in [-0.4, -0.2) is 23.7 Å². The van der Waals surface area contributed by atoms with Crippen molar-refractivity contribution in [1.29, 1.82) is 0 Å². The maximum Gasteiger partial charge on any atom is 0.326 e. The highest BCUT2D eigenvalue weighted by molar-refractivity contribution is 5.78. The SMILES string of the molecule is CCCN(c1ccccc1CC)[C@@H](C)C(=O)O. The molecule has 3 nitrogen and oxygen atoms in total. The highest BCUT2D eigenvalue weighted by atomic mass is 16.4. The lowest BCUT2D eigenvalue weighted by molar-refractivity contribution is -0.138. The molecule has 1 aromatic rings. The van der Waals surface area contributed by atoms with Crippen molar-refractivity contribution in [3.63, 3.8) is 0 Å². The quantitative estimate of drug-likeness (QED) is 0.824. The molecule has 0 bridgehead atoms. The van der Waals surface area contributed by atoms with Crippen LogP contribution in [0.1, 0.15) is 32.8 Å². The maximum absolute atomic E-state index is 11.1. The van der Waals surface area contributed by atoms with Crippen LogP contribution in [0, 0.1) is 0 Å². The molecule has 0 heterocycles. The Bertz CT molecular complexity index is 376. The van der Waals surface area contributed by atoms with Crippen molar-refractivity contribution in [3.05, 3.63) is 29.8 Å². The summed E-state index contributed by atoms with van der Waals surface area (Å²) in [5.41, 5.74) is 2.25. The Balaban J connectivity index is 3.08. The molecular weight excluding hydrogens is 214 g/mol. The van der Waals surface area contributed by atoms with Crippen LogP contribution in [0.3, 0.4) is 0 Å². The summed E-state index contributed by atoms with van der Waals surface area (Å²) in [6.45, 7) is 6.67. The zero-order valence-electron chi connectivity index (χ0n) is 10.8. The van der Waals surface area contributed by atoms with E-state index in [0.29, 0.717) is 0 Å². The van der Waals surface area contributed by atoms with Gasteiger partial charge < -0.3 is 10.0 Å². The Hall–Kier alpha value is -1.51. The topological polar surface area (TPSA) is 40.5 Å². The molecule has 1 N–H and O–H groups in total. The van der Waals surface area contributed by atoms with Crippen LogP contribution < -0.4 is 4.90 Å². The first-order valence-electron chi connectivity index (χ1n) is 6.19. The lowest BCUT2D eigenvalue weighted by Gasteiger charge is -2.30. The van der Waals surface area contributed by atoms with Crippen molar-refractivity contribution in [2.24, 2.45) is 0 Å². The van der Waals surface area contributed by atoms with Crippen LogP contribution in [-0.2, 0) is 11.2 Å². The molecule has 0 amide bonds. The first-order valence-corrected chi connectivity index (χ1v) is 6.19. The molecule has 0 radical (unpaired) electrons. The molecule has 0 aliphatic heterocycles. The van der Waals surface area contributed by atoms with E-state index < -0.39 is 12.0 Å². The summed E-state index contributed by atoms with van der Waals surface area (Å²) < 4.78 is 0. The van der Waals surface area contributed by atoms with E-state index in [2.05, 4.69) is 19.9 Å². The maximum atomic E-state index is 11.1. The molecule has 0 fully saturated rings.